The van der Waals surface area contributed by atoms with Crippen molar-refractivity contribution in [1.82, 2.24) is 30.4 Å². The van der Waals surface area contributed by atoms with Crippen LogP contribution in [-0.2, 0) is 60.3 Å². The third kappa shape index (κ3) is 7.98. The van der Waals surface area contributed by atoms with Crippen LogP contribution < -0.4 is 27.2 Å². The number of hydrogen-bond acceptors (Lipinski definition) is 10. The lowest BCUT2D eigenvalue weighted by Gasteiger charge is -2.31. The first kappa shape index (κ1) is 38.8. The molecule has 6 rings (SSSR count). The van der Waals surface area contributed by atoms with Crippen molar-refractivity contribution in [2.45, 2.75) is 64.3 Å². The Balaban J connectivity index is 1.21. The number of benzene rings is 2. The minimum atomic E-state index is -1.95. The molecule has 2 aliphatic heterocycles. The molecule has 2 atom stereocenters. The van der Waals surface area contributed by atoms with Gasteiger partial charge in [0.05, 0.1) is 48.6 Å². The van der Waals surface area contributed by atoms with Gasteiger partial charge in [0.2, 0.25) is 23.6 Å². The molecule has 4 amide bonds. The third-order valence-corrected chi connectivity index (χ3v) is 10.2. The van der Waals surface area contributed by atoms with Crippen molar-refractivity contribution in [3.05, 3.63) is 98.8 Å². The number of para-hydroxylation sites is 1. The van der Waals surface area contributed by atoms with Gasteiger partial charge >= 0.3 is 5.97 Å². The predicted molar refractivity (Wildman–Crippen MR) is 202 cm³/mol. The molecule has 0 aliphatic carbocycles. The number of aromatic nitrogens is 2. The molecule has 0 unspecified atom stereocenters. The van der Waals surface area contributed by atoms with E-state index in [-0.39, 0.29) is 68.2 Å². The SMILES string of the molecule is CCCN(CCc1c2c(nc3ccccc13)-c1cc3c(c(=O)n1C2)COC(=O)[C@]3(O)CC)C(=O)CNC(=O)[C@H](Cc1ccccc1)NC(=O)CNC(=O)CN. The Hall–Kier alpha value is -5.93. The number of fused-ring (bicyclic) bond motifs is 5. The number of nitrogens with two attached hydrogens (primary N) is 1. The van der Waals surface area contributed by atoms with Crippen LogP contribution in [0.25, 0.3) is 22.3 Å². The van der Waals surface area contributed by atoms with Crippen molar-refractivity contribution >= 4 is 40.5 Å². The highest BCUT2D eigenvalue weighted by atomic mass is 16.6. The molecule has 0 radical (unpaired) electrons. The van der Waals surface area contributed by atoms with Gasteiger partial charge < -0.3 is 41.0 Å². The number of ether oxygens (including phenoxy) is 1. The average molecular weight is 752 g/mol. The number of hydrogen-bond donors (Lipinski definition) is 5. The van der Waals surface area contributed by atoms with E-state index in [1.807, 2.05) is 61.5 Å². The minimum absolute atomic E-state index is 0.0317. The second-order valence-electron chi connectivity index (χ2n) is 13.7. The van der Waals surface area contributed by atoms with E-state index in [9.17, 15) is 33.9 Å². The molecule has 0 saturated carbocycles. The summed E-state index contributed by atoms with van der Waals surface area (Å²) in [5.74, 6) is -2.76. The van der Waals surface area contributed by atoms with Crippen molar-refractivity contribution in [2.24, 2.45) is 5.73 Å². The fourth-order valence-electron chi connectivity index (χ4n) is 7.23. The number of pyridine rings is 2. The van der Waals surface area contributed by atoms with E-state index >= 15 is 0 Å². The number of aliphatic hydroxyl groups is 1. The van der Waals surface area contributed by atoms with Crippen molar-refractivity contribution in [1.29, 1.82) is 0 Å². The highest BCUT2D eigenvalue weighted by Crippen LogP contribution is 2.40. The van der Waals surface area contributed by atoms with E-state index in [1.165, 1.54) is 0 Å². The van der Waals surface area contributed by atoms with Gasteiger partial charge in [0.15, 0.2) is 5.60 Å². The fourth-order valence-corrected chi connectivity index (χ4v) is 7.23. The molecule has 2 aliphatic rings. The second kappa shape index (κ2) is 16.6. The normalized spacial score (nSPS) is 16.0. The minimum Gasteiger partial charge on any atom is -0.458 e. The number of amides is 4. The van der Waals surface area contributed by atoms with E-state index < -0.39 is 35.3 Å². The van der Waals surface area contributed by atoms with Crippen LogP contribution in [0.5, 0.6) is 0 Å². The monoisotopic (exact) mass is 751 g/mol. The summed E-state index contributed by atoms with van der Waals surface area (Å²) in [6, 6.07) is 17.4. The van der Waals surface area contributed by atoms with Crippen LogP contribution in [0.2, 0.25) is 0 Å². The number of carbonyl (C=O) groups is 5. The predicted octanol–water partition coefficient (Wildman–Crippen LogP) is 0.779. The fraction of sp³-hybridized carbons (Fsp3) is 0.375. The summed E-state index contributed by atoms with van der Waals surface area (Å²) in [4.78, 5) is 84.4. The van der Waals surface area contributed by atoms with Gasteiger partial charge in [-0.3, -0.25) is 24.0 Å². The molecule has 2 aromatic heterocycles. The van der Waals surface area contributed by atoms with E-state index in [1.54, 1.807) is 22.5 Å². The van der Waals surface area contributed by atoms with Gasteiger partial charge in [-0.05, 0) is 42.5 Å². The number of esters is 1. The topological polar surface area (TPSA) is 215 Å². The molecule has 0 bridgehead atoms. The number of cyclic esters (lactones) is 1. The zero-order chi connectivity index (χ0) is 39.3. The van der Waals surface area contributed by atoms with Gasteiger partial charge in [0, 0.05) is 36.0 Å². The number of carbonyl (C=O) groups excluding carboxylic acids is 5. The van der Waals surface area contributed by atoms with Gasteiger partial charge in [-0.25, -0.2) is 9.78 Å². The van der Waals surface area contributed by atoms with Crippen molar-refractivity contribution in [3.8, 4) is 11.4 Å². The summed E-state index contributed by atoms with van der Waals surface area (Å²) in [5.41, 5.74) is 7.73. The van der Waals surface area contributed by atoms with Crippen molar-refractivity contribution in [3.63, 3.8) is 0 Å². The van der Waals surface area contributed by atoms with Gasteiger partial charge in [-0.15, -0.1) is 0 Å². The number of rotatable bonds is 15. The average Bonchev–Trinajstić information content (AvgIpc) is 3.57. The molecule has 0 spiro atoms. The summed E-state index contributed by atoms with van der Waals surface area (Å²) in [7, 11) is 0. The van der Waals surface area contributed by atoms with E-state index in [2.05, 4.69) is 16.0 Å². The Labute approximate surface area is 317 Å². The highest BCUT2D eigenvalue weighted by Gasteiger charge is 2.45. The van der Waals surface area contributed by atoms with Crippen LogP contribution in [0.15, 0.2) is 65.5 Å². The zero-order valence-corrected chi connectivity index (χ0v) is 30.9. The quantitative estimate of drug-likeness (QED) is 0.0948. The van der Waals surface area contributed by atoms with Gasteiger partial charge in [-0.2, -0.15) is 0 Å². The summed E-state index contributed by atoms with van der Waals surface area (Å²) in [6.07, 6.45) is 1.26. The lowest BCUT2D eigenvalue weighted by molar-refractivity contribution is -0.172. The first-order chi connectivity index (χ1) is 26.5. The number of nitrogens with one attached hydrogen (secondary N) is 3. The molecule has 0 fully saturated rings. The molecule has 0 saturated heterocycles. The second-order valence-corrected chi connectivity index (χ2v) is 13.7. The van der Waals surface area contributed by atoms with E-state index in [0.717, 1.165) is 22.1 Å². The first-order valence-electron chi connectivity index (χ1n) is 18.4. The zero-order valence-electron chi connectivity index (χ0n) is 30.9. The number of nitrogens with zero attached hydrogens (tertiary/aromatic N) is 3. The molecule has 2 aromatic carbocycles. The molecule has 6 N–H and O–H groups in total. The molecule has 55 heavy (non-hydrogen) atoms. The lowest BCUT2D eigenvalue weighted by atomic mass is 9.86. The summed E-state index contributed by atoms with van der Waals surface area (Å²) in [5, 5.41) is 19.9. The molecular weight excluding hydrogens is 706 g/mol. The maximum Gasteiger partial charge on any atom is 0.343 e. The maximum atomic E-state index is 13.8. The van der Waals surface area contributed by atoms with Crippen molar-refractivity contribution < 1.29 is 33.8 Å². The summed E-state index contributed by atoms with van der Waals surface area (Å²) >= 11 is 0. The summed E-state index contributed by atoms with van der Waals surface area (Å²) < 4.78 is 6.81. The van der Waals surface area contributed by atoms with Crippen LogP contribution in [-0.4, -0.2) is 87.9 Å². The summed E-state index contributed by atoms with van der Waals surface area (Å²) in [6.45, 7) is 3.35. The van der Waals surface area contributed by atoms with E-state index in [0.29, 0.717) is 42.8 Å². The Morgan fingerprint density at radius 1 is 0.982 bits per heavy atom. The Morgan fingerprint density at radius 2 is 1.73 bits per heavy atom. The first-order valence-corrected chi connectivity index (χ1v) is 18.4. The molecule has 15 heteroatoms. The smallest absolute Gasteiger partial charge is 0.343 e. The maximum absolute atomic E-state index is 13.8. The molecule has 288 valence electrons. The van der Waals surface area contributed by atoms with Crippen molar-refractivity contribution in [2.75, 3.05) is 32.7 Å². The largest absolute Gasteiger partial charge is 0.458 e. The van der Waals surface area contributed by atoms with Gasteiger partial charge in [0.25, 0.3) is 5.56 Å². The van der Waals surface area contributed by atoms with Gasteiger partial charge in [-0.1, -0.05) is 62.4 Å². The van der Waals surface area contributed by atoms with Crippen LogP contribution >= 0.6 is 0 Å². The molecular formula is C40H45N7O8. The van der Waals surface area contributed by atoms with Crippen LogP contribution in [0.3, 0.4) is 0 Å². The Bertz CT molecular complexity index is 2210. The van der Waals surface area contributed by atoms with Crippen LogP contribution in [0.1, 0.15) is 54.5 Å². The van der Waals surface area contributed by atoms with Crippen LogP contribution in [0.4, 0.5) is 0 Å². The van der Waals surface area contributed by atoms with Gasteiger partial charge in [0.1, 0.15) is 12.6 Å². The lowest BCUT2D eigenvalue weighted by Crippen LogP contribution is -2.52. The third-order valence-electron chi connectivity index (χ3n) is 10.2. The van der Waals surface area contributed by atoms with E-state index in [4.69, 9.17) is 15.5 Å². The van der Waals surface area contributed by atoms with Crippen LogP contribution in [0, 0.1) is 0 Å². The highest BCUT2D eigenvalue weighted by molar-refractivity contribution is 5.93. The molecule has 15 nitrogen and oxygen atoms in total. The molecule has 4 heterocycles. The Kier molecular flexibility index (Phi) is 11.7. The standard InChI is InChI=1S/C40H45N7O8/c1-3-15-46(35(50)21-43-37(51)31(17-24-10-6-5-7-11-24)44-34(49)20-42-33(48)19-41)16-14-25-26-12-8-9-13-30(26)45-36-27(25)22-47-32(36)18-29-28(38(47)52)23-55-39(53)40(29,54)4-2/h5-13,18,31,54H,3-4,14-17,19-23,41H2,1-2H3,(H,42,48)(H,43,51)(H,44,49)/t31-,40-/m0/s1. The molecule has 4 aromatic rings. The Morgan fingerprint density at radius 3 is 2.45 bits per heavy atom.